The first-order chi connectivity index (χ1) is 18.6. The molecule has 0 aliphatic carbocycles. The number of carbonyl (C=O) groups excluding carboxylic acids is 2. The van der Waals surface area contributed by atoms with Crippen LogP contribution >= 0.6 is 21.6 Å². The van der Waals surface area contributed by atoms with Crippen molar-refractivity contribution in [1.29, 1.82) is 0 Å². The lowest BCUT2D eigenvalue weighted by Gasteiger charge is -2.18. The third kappa shape index (κ3) is 25.8. The first-order valence-electron chi connectivity index (χ1n) is 15.6. The van der Waals surface area contributed by atoms with Gasteiger partial charge in [-0.3, -0.25) is 9.59 Å². The number of carbonyl (C=O) groups is 2. The first-order valence-corrected chi connectivity index (χ1v) is 18.1. The molecule has 0 bridgehead atoms. The second-order valence-corrected chi connectivity index (χ2v) is 13.2. The molecule has 2 atom stereocenters. The Morgan fingerprint density at radius 2 is 0.816 bits per heavy atom. The third-order valence-electron chi connectivity index (χ3n) is 6.81. The van der Waals surface area contributed by atoms with Gasteiger partial charge in [-0.25, -0.2) is 0 Å². The molecule has 38 heavy (non-hydrogen) atoms. The van der Waals surface area contributed by atoms with Gasteiger partial charge in [0.1, 0.15) is 0 Å². The molecule has 0 aromatic carbocycles. The lowest BCUT2D eigenvalue weighted by atomic mass is 10.1. The average Bonchev–Trinajstić information content (AvgIpc) is 2.92. The van der Waals surface area contributed by atoms with Crippen LogP contribution in [0.3, 0.4) is 0 Å². The van der Waals surface area contributed by atoms with Gasteiger partial charge in [0.2, 0.25) is 11.8 Å². The van der Waals surface area contributed by atoms with Crippen LogP contribution in [0.15, 0.2) is 0 Å². The Hall–Kier alpha value is -0.440. The van der Waals surface area contributed by atoms with Gasteiger partial charge in [-0.15, -0.1) is 0 Å². The van der Waals surface area contributed by atoms with Crippen molar-refractivity contribution in [1.82, 2.24) is 10.6 Å². The van der Waals surface area contributed by atoms with Crippen molar-refractivity contribution in [3.05, 3.63) is 0 Å². The standard InChI is InChI=1S/C30H60N2O4S2/c1-3-5-7-9-11-13-15-17-19-21-29(35)31-27(23-33)25-37-38-26-28(24-34)32-30(36)22-20-18-16-14-12-10-8-6-4-2/h27-28,33-34H,3-26H2,1-2H3,(H,31,35)(H,32,36). The Morgan fingerprint density at radius 1 is 0.526 bits per heavy atom. The molecule has 0 spiro atoms. The van der Waals surface area contributed by atoms with E-state index < -0.39 is 0 Å². The molecule has 4 N–H and O–H groups in total. The summed E-state index contributed by atoms with van der Waals surface area (Å²) in [6.45, 7) is 4.29. The molecule has 8 heteroatoms. The zero-order valence-corrected chi connectivity index (χ0v) is 26.3. The minimum Gasteiger partial charge on any atom is -0.394 e. The molecule has 0 saturated heterocycles. The number of hydrogen-bond donors (Lipinski definition) is 4. The molecule has 0 saturated carbocycles. The van der Waals surface area contributed by atoms with E-state index in [0.717, 1.165) is 25.7 Å². The van der Waals surface area contributed by atoms with E-state index in [-0.39, 0.29) is 37.1 Å². The molecule has 0 aliphatic heterocycles. The molecule has 2 amide bonds. The molecule has 2 unspecified atom stereocenters. The fourth-order valence-corrected chi connectivity index (χ4v) is 6.79. The quantitative estimate of drug-likeness (QED) is 0.0557. The minimum absolute atomic E-state index is 0.00888. The zero-order chi connectivity index (χ0) is 28.1. The molecular formula is C30H60N2O4S2. The maximum absolute atomic E-state index is 12.2. The summed E-state index contributed by atoms with van der Waals surface area (Å²) >= 11 is 0. The van der Waals surface area contributed by atoms with E-state index in [9.17, 15) is 19.8 Å². The lowest BCUT2D eigenvalue weighted by Crippen LogP contribution is -2.40. The summed E-state index contributed by atoms with van der Waals surface area (Å²) in [6, 6.07) is -0.542. The van der Waals surface area contributed by atoms with Crippen LogP contribution in [0.1, 0.15) is 142 Å². The monoisotopic (exact) mass is 576 g/mol. The predicted octanol–water partition coefficient (Wildman–Crippen LogP) is 7.16. The molecule has 0 aromatic rings. The SMILES string of the molecule is CCCCCCCCCCCC(=O)NC(CO)CSSCC(CO)NC(=O)CCCCCCCCCCC. The summed E-state index contributed by atoms with van der Waals surface area (Å²) < 4.78 is 0. The third-order valence-corrected chi connectivity index (χ3v) is 9.37. The second kappa shape index (κ2) is 29.5. The van der Waals surface area contributed by atoms with Crippen molar-refractivity contribution in [2.45, 2.75) is 154 Å². The van der Waals surface area contributed by atoms with E-state index in [1.807, 2.05) is 0 Å². The maximum Gasteiger partial charge on any atom is 0.220 e. The van der Waals surface area contributed by atoms with Crippen LogP contribution in [0, 0.1) is 0 Å². The molecular weight excluding hydrogens is 516 g/mol. The molecule has 6 nitrogen and oxygen atoms in total. The topological polar surface area (TPSA) is 98.7 Å². The van der Waals surface area contributed by atoms with E-state index in [1.54, 1.807) is 21.6 Å². The number of hydrogen-bond acceptors (Lipinski definition) is 6. The van der Waals surface area contributed by atoms with E-state index in [1.165, 1.54) is 89.9 Å². The van der Waals surface area contributed by atoms with Crippen molar-refractivity contribution < 1.29 is 19.8 Å². The summed E-state index contributed by atoms with van der Waals surface area (Å²) in [5, 5.41) is 25.1. The van der Waals surface area contributed by atoms with Gasteiger partial charge in [0.25, 0.3) is 0 Å². The number of amides is 2. The maximum atomic E-state index is 12.2. The van der Waals surface area contributed by atoms with Crippen molar-refractivity contribution in [2.75, 3.05) is 24.7 Å². The fourth-order valence-electron chi connectivity index (χ4n) is 4.33. The Balaban J connectivity index is 3.79. The van der Waals surface area contributed by atoms with Crippen molar-refractivity contribution >= 4 is 33.4 Å². The molecule has 0 radical (unpaired) electrons. The number of aliphatic hydroxyl groups is 2. The average molecular weight is 577 g/mol. The highest BCUT2D eigenvalue weighted by Crippen LogP contribution is 2.23. The van der Waals surface area contributed by atoms with Gasteiger partial charge < -0.3 is 20.8 Å². The minimum atomic E-state index is -0.271. The van der Waals surface area contributed by atoms with Crippen LogP contribution in [0.4, 0.5) is 0 Å². The van der Waals surface area contributed by atoms with Crippen LogP contribution in [0.25, 0.3) is 0 Å². The largest absolute Gasteiger partial charge is 0.394 e. The number of rotatable bonds is 29. The zero-order valence-electron chi connectivity index (χ0n) is 24.7. The second-order valence-electron chi connectivity index (χ2n) is 10.6. The van der Waals surface area contributed by atoms with Crippen LogP contribution in [0.2, 0.25) is 0 Å². The van der Waals surface area contributed by atoms with Crippen LogP contribution in [-0.2, 0) is 9.59 Å². The van der Waals surface area contributed by atoms with Crippen LogP contribution in [0.5, 0.6) is 0 Å². The highest BCUT2D eigenvalue weighted by atomic mass is 33.1. The van der Waals surface area contributed by atoms with Gasteiger partial charge in [0.15, 0.2) is 0 Å². The summed E-state index contributed by atoms with van der Waals surface area (Å²) in [7, 11) is 3.11. The Bertz CT molecular complexity index is 494. The van der Waals surface area contributed by atoms with Crippen molar-refractivity contribution in [3.63, 3.8) is 0 Å². The molecule has 0 aliphatic rings. The van der Waals surface area contributed by atoms with E-state index in [4.69, 9.17) is 0 Å². The first kappa shape index (κ1) is 37.6. The summed E-state index contributed by atoms with van der Waals surface area (Å²) in [4.78, 5) is 24.4. The summed E-state index contributed by atoms with van der Waals surface area (Å²) in [5.41, 5.74) is 0. The van der Waals surface area contributed by atoms with E-state index in [2.05, 4.69) is 24.5 Å². The Kier molecular flexibility index (Phi) is 29.2. The Morgan fingerprint density at radius 3 is 1.11 bits per heavy atom. The fraction of sp³-hybridized carbons (Fsp3) is 0.933. The van der Waals surface area contributed by atoms with Gasteiger partial charge in [0.05, 0.1) is 25.3 Å². The molecule has 226 valence electrons. The van der Waals surface area contributed by atoms with Gasteiger partial charge in [-0.1, -0.05) is 138 Å². The number of unbranched alkanes of at least 4 members (excludes halogenated alkanes) is 16. The van der Waals surface area contributed by atoms with Crippen LogP contribution < -0.4 is 10.6 Å². The normalized spacial score (nSPS) is 12.8. The van der Waals surface area contributed by atoms with Gasteiger partial charge in [0, 0.05) is 24.3 Å². The van der Waals surface area contributed by atoms with Crippen molar-refractivity contribution in [2.24, 2.45) is 0 Å². The highest BCUT2D eigenvalue weighted by Gasteiger charge is 2.14. The van der Waals surface area contributed by atoms with Gasteiger partial charge >= 0.3 is 0 Å². The van der Waals surface area contributed by atoms with Gasteiger partial charge in [-0.2, -0.15) is 0 Å². The Labute approximate surface area is 242 Å². The van der Waals surface area contributed by atoms with Crippen molar-refractivity contribution in [3.8, 4) is 0 Å². The molecule has 0 rings (SSSR count). The summed E-state index contributed by atoms with van der Waals surface area (Å²) in [5.74, 6) is 1.20. The molecule has 0 aromatic heterocycles. The predicted molar refractivity (Wildman–Crippen MR) is 167 cm³/mol. The van der Waals surface area contributed by atoms with E-state index in [0.29, 0.717) is 24.3 Å². The van der Waals surface area contributed by atoms with E-state index >= 15 is 0 Å². The number of aliphatic hydroxyl groups excluding tert-OH is 2. The lowest BCUT2D eigenvalue weighted by molar-refractivity contribution is -0.122. The smallest absolute Gasteiger partial charge is 0.220 e. The van der Waals surface area contributed by atoms with Crippen LogP contribution in [-0.4, -0.2) is 58.8 Å². The molecule has 0 heterocycles. The summed E-state index contributed by atoms with van der Waals surface area (Å²) in [6.07, 6.45) is 23.1. The van der Waals surface area contributed by atoms with Gasteiger partial charge in [-0.05, 0) is 12.8 Å². The number of nitrogens with one attached hydrogen (secondary N) is 2. The molecule has 0 fully saturated rings. The highest BCUT2D eigenvalue weighted by molar-refractivity contribution is 8.76.